The van der Waals surface area contributed by atoms with Gasteiger partial charge in [-0.15, -0.1) is 0 Å². The number of anilines is 4. The van der Waals surface area contributed by atoms with Gasteiger partial charge in [-0.3, -0.25) is 29.3 Å². The van der Waals surface area contributed by atoms with Gasteiger partial charge in [0.1, 0.15) is 23.5 Å². The number of rotatable bonds is 19. The molecule has 4 aliphatic heterocycles. The minimum Gasteiger partial charge on any atom is -0.495 e. The maximum atomic E-state index is 13.4. The van der Waals surface area contributed by atoms with E-state index in [0.29, 0.717) is 66.8 Å². The average molecular weight is 931 g/mol. The SMILES string of the molecule is CC[C@@H]1C(=O)N(C)c2cnc(Nc3ccc(C(=O)NC4CCN(CCCOCCCNCCCC#Cc5cccc6c5CN(C5CCC(=O)NC5=O)C6=O)CC4)cc3OC)nc2N1C1CCCC1. The number of likely N-dealkylation sites (tertiary alicyclic amines) is 1. The van der Waals surface area contributed by atoms with Gasteiger partial charge in [0.15, 0.2) is 5.82 Å². The Morgan fingerprint density at radius 2 is 1.76 bits per heavy atom. The Balaban J connectivity index is 0.685. The van der Waals surface area contributed by atoms with Crippen molar-refractivity contribution in [2.45, 2.75) is 121 Å². The molecule has 5 heterocycles. The molecule has 4 N–H and O–H groups in total. The highest BCUT2D eigenvalue weighted by Gasteiger charge is 2.42. The van der Waals surface area contributed by atoms with Gasteiger partial charge in [0.2, 0.25) is 23.7 Å². The number of imide groups is 1. The Morgan fingerprint density at radius 3 is 2.54 bits per heavy atom. The van der Waals surface area contributed by atoms with E-state index in [0.717, 1.165) is 114 Å². The fraction of sp³-hybridized carbons (Fsp3) is 0.549. The number of hydrogen-bond donors (Lipinski definition) is 4. The number of nitrogens with one attached hydrogen (secondary N) is 4. The summed E-state index contributed by atoms with van der Waals surface area (Å²) < 4.78 is 11.6. The van der Waals surface area contributed by atoms with E-state index in [1.807, 2.05) is 18.2 Å². The number of unbranched alkanes of at least 4 members (excludes halogenated alkanes) is 1. The summed E-state index contributed by atoms with van der Waals surface area (Å²) in [6, 6.07) is 10.3. The number of carbonyl (C=O) groups excluding carboxylic acids is 5. The van der Waals surface area contributed by atoms with Crippen molar-refractivity contribution in [3.05, 3.63) is 64.8 Å². The summed E-state index contributed by atoms with van der Waals surface area (Å²) in [5, 5.41) is 12.4. The van der Waals surface area contributed by atoms with Crippen molar-refractivity contribution in [3.8, 4) is 17.6 Å². The number of methoxy groups -OCH3 is 1. The first-order valence-electron chi connectivity index (χ1n) is 24.6. The number of carbonyl (C=O) groups is 5. The van der Waals surface area contributed by atoms with Crippen LogP contribution in [0.3, 0.4) is 0 Å². The van der Waals surface area contributed by atoms with Gasteiger partial charge >= 0.3 is 0 Å². The van der Waals surface area contributed by atoms with Crippen LogP contribution in [0.25, 0.3) is 0 Å². The van der Waals surface area contributed by atoms with E-state index in [9.17, 15) is 24.0 Å². The van der Waals surface area contributed by atoms with Gasteiger partial charge in [-0.25, -0.2) is 4.98 Å². The number of ether oxygens (including phenoxy) is 2. The van der Waals surface area contributed by atoms with Crippen LogP contribution < -0.4 is 35.8 Å². The molecule has 8 rings (SSSR count). The molecule has 362 valence electrons. The molecule has 5 aliphatic rings. The minimum absolute atomic E-state index is 0.0736. The van der Waals surface area contributed by atoms with E-state index in [-0.39, 0.29) is 48.2 Å². The lowest BCUT2D eigenvalue weighted by Gasteiger charge is -2.43. The minimum atomic E-state index is -0.636. The van der Waals surface area contributed by atoms with E-state index < -0.39 is 11.9 Å². The molecular formula is C51H66N10O7. The summed E-state index contributed by atoms with van der Waals surface area (Å²) >= 11 is 0. The van der Waals surface area contributed by atoms with Gasteiger partial charge in [-0.05, 0) is 107 Å². The van der Waals surface area contributed by atoms with Crippen molar-refractivity contribution >= 4 is 52.7 Å². The van der Waals surface area contributed by atoms with E-state index in [1.165, 1.54) is 0 Å². The maximum absolute atomic E-state index is 13.4. The van der Waals surface area contributed by atoms with Crippen molar-refractivity contribution in [1.82, 2.24) is 35.7 Å². The van der Waals surface area contributed by atoms with E-state index >= 15 is 0 Å². The van der Waals surface area contributed by atoms with Crippen LogP contribution in [0.2, 0.25) is 0 Å². The summed E-state index contributed by atoms with van der Waals surface area (Å²) in [5.74, 6) is 7.20. The molecule has 0 radical (unpaired) electrons. The van der Waals surface area contributed by atoms with Crippen LogP contribution >= 0.6 is 0 Å². The number of piperidine rings is 2. The first kappa shape index (κ1) is 48.4. The van der Waals surface area contributed by atoms with Crippen molar-refractivity contribution in [3.63, 3.8) is 0 Å². The number of likely N-dealkylation sites (N-methyl/N-ethyl adjacent to an activating group) is 1. The lowest BCUT2D eigenvalue weighted by atomic mass is 10.0. The number of benzene rings is 2. The lowest BCUT2D eigenvalue weighted by molar-refractivity contribution is -0.137. The number of aromatic nitrogens is 2. The van der Waals surface area contributed by atoms with Gasteiger partial charge in [0.05, 0.1) is 19.0 Å². The molecule has 3 fully saturated rings. The molecule has 17 nitrogen and oxygen atoms in total. The monoisotopic (exact) mass is 931 g/mol. The number of nitrogens with zero attached hydrogens (tertiary/aromatic N) is 6. The van der Waals surface area contributed by atoms with Gasteiger partial charge in [0.25, 0.3) is 11.8 Å². The predicted octanol–water partition coefficient (Wildman–Crippen LogP) is 4.91. The Kier molecular flexibility index (Phi) is 16.2. The van der Waals surface area contributed by atoms with Crippen LogP contribution in [0.4, 0.5) is 23.1 Å². The molecule has 68 heavy (non-hydrogen) atoms. The topological polar surface area (TPSA) is 191 Å². The lowest BCUT2D eigenvalue weighted by Crippen LogP contribution is -2.55. The fourth-order valence-corrected chi connectivity index (χ4v) is 10.1. The van der Waals surface area contributed by atoms with Crippen molar-refractivity contribution < 1.29 is 33.4 Å². The number of amides is 5. The Bertz CT molecular complexity index is 2390. The van der Waals surface area contributed by atoms with Crippen LogP contribution in [0.5, 0.6) is 5.75 Å². The zero-order valence-corrected chi connectivity index (χ0v) is 39.7. The first-order chi connectivity index (χ1) is 33.1. The standard InChI is InChI=1S/C51H66N10O7/c1-4-41-50(66)58(2)43-32-53-51(57-46(43)61(41)37-15-7-8-16-37)55-40-19-18-35(31-44(40)67-3)47(63)54-36-22-27-59(28-23-36)26-12-30-68-29-11-25-52-24-9-5-6-13-34-14-10-17-38-39(34)33-60(49(38)65)42-20-21-45(62)56-48(42)64/h10,14,17-19,31-32,36-37,41-42,52H,4-5,7-9,11-12,15-16,20-30,33H2,1-3H3,(H,54,63)(H,53,55,57)(H,56,62,64)/t41-,42?/m1/s1. The predicted molar refractivity (Wildman–Crippen MR) is 259 cm³/mol. The molecule has 1 unspecified atom stereocenters. The second-order valence-corrected chi connectivity index (χ2v) is 18.4. The Morgan fingerprint density at radius 1 is 0.971 bits per heavy atom. The number of hydrogen-bond acceptors (Lipinski definition) is 13. The Labute approximate surface area is 399 Å². The molecule has 2 saturated heterocycles. The first-order valence-corrected chi connectivity index (χ1v) is 24.6. The van der Waals surface area contributed by atoms with Gasteiger partial charge < -0.3 is 45.0 Å². The van der Waals surface area contributed by atoms with Crippen LogP contribution in [0.15, 0.2) is 42.6 Å². The molecule has 2 atom stereocenters. The maximum Gasteiger partial charge on any atom is 0.255 e. The molecule has 1 aromatic heterocycles. The molecule has 0 bridgehead atoms. The summed E-state index contributed by atoms with van der Waals surface area (Å²) in [5.41, 5.74) is 4.11. The quantitative estimate of drug-likeness (QED) is 0.0722. The largest absolute Gasteiger partial charge is 0.495 e. The molecule has 5 amide bonds. The zero-order chi connectivity index (χ0) is 47.6. The normalized spacial score (nSPS) is 20.0. The molecular weight excluding hydrogens is 865 g/mol. The molecule has 0 spiro atoms. The Hall–Kier alpha value is -6.09. The fourth-order valence-electron chi connectivity index (χ4n) is 10.1. The second kappa shape index (κ2) is 22.8. The third-order valence-electron chi connectivity index (χ3n) is 13.9. The third kappa shape index (κ3) is 11.3. The molecule has 2 aromatic carbocycles. The van der Waals surface area contributed by atoms with E-state index in [2.05, 4.69) is 54.8 Å². The number of fused-ring (bicyclic) bond motifs is 2. The van der Waals surface area contributed by atoms with E-state index in [4.69, 9.17) is 14.5 Å². The average Bonchev–Trinajstić information content (AvgIpc) is 4.00. The smallest absolute Gasteiger partial charge is 0.255 e. The highest BCUT2D eigenvalue weighted by atomic mass is 16.5. The molecule has 1 aliphatic carbocycles. The highest BCUT2D eigenvalue weighted by molar-refractivity contribution is 6.06. The van der Waals surface area contributed by atoms with Crippen LogP contribution in [-0.2, 0) is 25.7 Å². The molecule has 1 saturated carbocycles. The summed E-state index contributed by atoms with van der Waals surface area (Å²) in [7, 11) is 3.37. The van der Waals surface area contributed by atoms with Crippen molar-refractivity contribution in [1.29, 1.82) is 0 Å². The molecule has 3 aromatic rings. The van der Waals surface area contributed by atoms with Crippen molar-refractivity contribution in [2.24, 2.45) is 0 Å². The van der Waals surface area contributed by atoms with Gasteiger partial charge in [0, 0.05) is 88.1 Å². The summed E-state index contributed by atoms with van der Waals surface area (Å²) in [4.78, 5) is 81.2. The van der Waals surface area contributed by atoms with Crippen LogP contribution in [0, 0.1) is 11.8 Å². The van der Waals surface area contributed by atoms with E-state index in [1.54, 1.807) is 48.4 Å². The third-order valence-corrected chi connectivity index (χ3v) is 13.9. The highest BCUT2D eigenvalue weighted by Crippen LogP contribution is 2.40. The zero-order valence-electron chi connectivity index (χ0n) is 39.7. The van der Waals surface area contributed by atoms with Gasteiger partial charge in [-0.2, -0.15) is 4.98 Å². The van der Waals surface area contributed by atoms with Crippen LogP contribution in [0.1, 0.15) is 122 Å². The van der Waals surface area contributed by atoms with Gasteiger partial charge in [-0.1, -0.05) is 37.7 Å². The summed E-state index contributed by atoms with van der Waals surface area (Å²) in [6.45, 7) is 8.33. The molecule has 17 heteroatoms. The van der Waals surface area contributed by atoms with Crippen LogP contribution in [-0.4, -0.2) is 134 Å². The summed E-state index contributed by atoms with van der Waals surface area (Å²) in [6.07, 6.45) is 12.6. The second-order valence-electron chi connectivity index (χ2n) is 18.4. The van der Waals surface area contributed by atoms with Crippen molar-refractivity contribution in [2.75, 3.05) is 75.2 Å².